The van der Waals surface area contributed by atoms with E-state index in [1.165, 1.54) is 0 Å². The molecule has 0 fully saturated rings. The van der Waals surface area contributed by atoms with Crippen molar-refractivity contribution in [3.05, 3.63) is 269 Å². The minimum atomic E-state index is -2.63. The average Bonchev–Trinajstić information content (AvgIpc) is 1.57. The Kier molecular flexibility index (Phi) is 10.4. The summed E-state index contributed by atoms with van der Waals surface area (Å²) in [4.78, 5) is 9.74. The van der Waals surface area contributed by atoms with E-state index < -0.39 is 33.0 Å². The van der Waals surface area contributed by atoms with Crippen LogP contribution in [-0.4, -0.2) is 21.1 Å². The molecule has 0 amide bonds. The third-order valence-electron chi connectivity index (χ3n) is 14.9. The van der Waals surface area contributed by atoms with E-state index in [0.29, 0.717) is 48.8 Å². The zero-order valence-corrected chi connectivity index (χ0v) is 45.9. The Morgan fingerprint density at radius 2 is 1.23 bits per heavy atom. The van der Waals surface area contributed by atoms with E-state index in [2.05, 4.69) is 117 Å². The summed E-state index contributed by atoms with van der Waals surface area (Å²) in [6, 6.07) is 83.5. The van der Waals surface area contributed by atoms with Crippen LogP contribution >= 0.6 is 0 Å². The van der Waals surface area contributed by atoms with Gasteiger partial charge in [-0.1, -0.05) is 42.5 Å². The molecular weight excluding hydrogens is 1160 g/mol. The van der Waals surface area contributed by atoms with Gasteiger partial charge in [0.05, 0.1) is 0 Å². The molecule has 0 spiro atoms. The van der Waals surface area contributed by atoms with Crippen molar-refractivity contribution in [1.29, 1.82) is 0 Å². The third-order valence-corrected chi connectivity index (χ3v) is 16.0. The van der Waals surface area contributed by atoms with Crippen LogP contribution in [0.5, 0.6) is 11.6 Å². The molecule has 2 aliphatic rings. The van der Waals surface area contributed by atoms with Crippen LogP contribution in [0.3, 0.4) is 0 Å². The number of rotatable bonds is 11. The van der Waals surface area contributed by atoms with Crippen LogP contribution in [0.25, 0.3) is 78.0 Å². The van der Waals surface area contributed by atoms with E-state index in [-0.39, 0.29) is 22.8 Å². The summed E-state index contributed by atoms with van der Waals surface area (Å²) in [6.45, 7) is -1.78. The first-order chi connectivity index (χ1) is 42.4. The van der Waals surface area contributed by atoms with Crippen molar-refractivity contribution in [3.8, 4) is 78.6 Å². The molecule has 0 atom stereocenters. The normalized spacial score (nSPS) is 14.4. The molecule has 0 bridgehead atoms. The van der Waals surface area contributed by atoms with Gasteiger partial charge >= 0.3 is 409 Å². The Hall–Kier alpha value is -9.03. The zero-order valence-electron chi connectivity index (χ0n) is 51.6. The summed E-state index contributed by atoms with van der Waals surface area (Å²) in [5.41, 5.74) is 15.1. The summed E-state index contributed by atoms with van der Waals surface area (Å²) < 4.78 is 84.3. The second-order valence-corrected chi connectivity index (χ2v) is 21.4. The molecule has 0 unspecified atom stereocenters. The first-order valence-electron chi connectivity index (χ1n) is 30.7. The van der Waals surface area contributed by atoms with Gasteiger partial charge in [0, 0.05) is 11.3 Å². The number of hydrogen-bond acceptors (Lipinski definition) is 4. The van der Waals surface area contributed by atoms with Crippen LogP contribution in [0.4, 0.5) is 22.9 Å². The number of aromatic nitrogens is 3. The second kappa shape index (κ2) is 20.3. The topological polar surface area (TPSA) is 38.5 Å². The van der Waals surface area contributed by atoms with E-state index in [0.717, 1.165) is 66.9 Å². The maximum atomic E-state index is 9.58. The number of anilines is 4. The number of nitrogens with zero attached hydrogens (tertiary/aromatic N) is 5. The third kappa shape index (κ3) is 8.56. The van der Waals surface area contributed by atoms with E-state index >= 15 is 0 Å². The van der Waals surface area contributed by atoms with Crippen molar-refractivity contribution in [2.45, 2.75) is 33.9 Å². The number of ether oxygens (including phenoxy) is 1. The SMILES string of the molecule is [2H]C([2H])([2H])c1cccc(-c2cc(C([2H])([2H])C(C)C)cc(-c3ccc(-c4ccccc4)cc3)c2-n2[c](=[Pt])n(-c3[c-]c(Oc4nc(N5B6c7ccccc7-c7ccccc7N6c6ccc[c-]c65)cc(C([2H])([2H])[2H])c4-c4ccccc4)ccc3)c3ccccc32)c1. The van der Waals surface area contributed by atoms with Gasteiger partial charge in [-0.3, -0.25) is 0 Å². The fourth-order valence-corrected chi connectivity index (χ4v) is 12.7. The van der Waals surface area contributed by atoms with Crippen LogP contribution in [0.1, 0.15) is 41.5 Å². The molecule has 6 nitrogen and oxygen atoms in total. The second-order valence-electron chi connectivity index (χ2n) is 20.3. The summed E-state index contributed by atoms with van der Waals surface area (Å²) in [5, 5.41) is 0. The first kappa shape index (κ1) is 41.1. The maximum absolute atomic E-state index is 9.58. The van der Waals surface area contributed by atoms with E-state index in [1.54, 1.807) is 30.3 Å². The summed E-state index contributed by atoms with van der Waals surface area (Å²) in [6.07, 6.45) is -1.79. The fourth-order valence-electron chi connectivity index (χ4n) is 11.6. The van der Waals surface area contributed by atoms with Crippen molar-refractivity contribution in [1.82, 2.24) is 14.1 Å². The molecule has 2 aliphatic heterocycles. The average molecular weight is 1220 g/mol. The summed E-state index contributed by atoms with van der Waals surface area (Å²) in [7, 11) is 0. The van der Waals surface area contributed by atoms with Crippen LogP contribution < -0.4 is 19.8 Å². The van der Waals surface area contributed by atoms with Gasteiger partial charge in [0.15, 0.2) is 0 Å². The first-order valence-corrected chi connectivity index (χ1v) is 27.8. The molecule has 0 N–H and O–H groups in total. The quantitative estimate of drug-likeness (QED) is 0.0956. The minimum absolute atomic E-state index is 0.0561. The standard InChI is InChI=1S/C72H54BN5O.Pt/c1-48(2)41-51-44-61(54-39-37-53(38-40-54)52-22-7-5-8-23-52)71(62(45-51)56-26-19-21-49(3)42-56)76-47-75(65-33-15-16-34-66(65)76)57-27-20-28-58(46-57)79-72-70(55-24-9-6-10-25-55)50(4)43-69(74-72)78-68-36-18-17-35-67(68)77-64-32-14-12-30-60(64)59-29-11-13-31-63(59)73(77)78;/h5-35,37-40,42-45,48H,41H2,1-4H3;/q-2;/i3D3,4D3,41D2;. The molecule has 0 saturated carbocycles. The Labute approximate surface area is 490 Å². The van der Waals surface area contributed by atoms with Gasteiger partial charge < -0.3 is 0 Å². The number of benzene rings is 10. The number of para-hydroxylation sites is 4. The molecule has 0 aliphatic carbocycles. The van der Waals surface area contributed by atoms with Crippen LogP contribution in [-0.2, 0) is 25.7 Å². The fraction of sp³-hybridized carbons (Fsp3) is 0.0833. The van der Waals surface area contributed by atoms with Crippen LogP contribution in [0.2, 0.25) is 0 Å². The molecule has 14 rings (SSSR count). The van der Waals surface area contributed by atoms with Crippen molar-refractivity contribution in [3.63, 3.8) is 0 Å². The predicted octanol–water partition coefficient (Wildman–Crippen LogP) is 17.4. The Balaban J connectivity index is 0.968. The summed E-state index contributed by atoms with van der Waals surface area (Å²) in [5.74, 6) is 0.277. The van der Waals surface area contributed by atoms with E-state index in [4.69, 9.17) is 13.8 Å². The van der Waals surface area contributed by atoms with Gasteiger partial charge in [0.25, 0.3) is 0 Å². The van der Waals surface area contributed by atoms with Crippen LogP contribution in [0.15, 0.2) is 237 Å². The zero-order chi connectivity index (χ0) is 60.8. The molecule has 4 heterocycles. The van der Waals surface area contributed by atoms with Gasteiger partial charge in [0.2, 0.25) is 0 Å². The molecule has 388 valence electrons. The number of hydrogen-bond donors (Lipinski definition) is 0. The Morgan fingerprint density at radius 1 is 0.575 bits per heavy atom. The number of imidazole rings is 1. The molecule has 10 aromatic carbocycles. The van der Waals surface area contributed by atoms with Gasteiger partial charge in [-0.2, -0.15) is 12.1 Å². The molecule has 12 aromatic rings. The summed E-state index contributed by atoms with van der Waals surface area (Å²) >= 11 is 2.33. The van der Waals surface area contributed by atoms with Crippen molar-refractivity contribution < 1.29 is 35.1 Å². The molecular formula is C72H54BN5OPt-2. The van der Waals surface area contributed by atoms with Crippen molar-refractivity contribution in [2.24, 2.45) is 5.92 Å². The van der Waals surface area contributed by atoms with Crippen LogP contribution in [0, 0.1) is 35.6 Å². The monoisotopic (exact) mass is 1220 g/mol. The van der Waals surface area contributed by atoms with Gasteiger partial charge in [0.1, 0.15) is 0 Å². The predicted molar refractivity (Wildman–Crippen MR) is 326 cm³/mol. The van der Waals surface area contributed by atoms with Crippen molar-refractivity contribution >= 4 is 46.4 Å². The van der Waals surface area contributed by atoms with Gasteiger partial charge in [-0.15, -0.1) is 6.07 Å². The van der Waals surface area contributed by atoms with Crippen molar-refractivity contribution in [2.75, 3.05) is 9.62 Å². The Morgan fingerprint density at radius 3 is 2.00 bits per heavy atom. The molecule has 80 heavy (non-hydrogen) atoms. The molecule has 0 saturated heterocycles. The van der Waals surface area contributed by atoms with E-state index in [1.807, 2.05) is 153 Å². The van der Waals surface area contributed by atoms with Gasteiger partial charge in [-0.05, 0) is 11.6 Å². The number of aryl methyl sites for hydroxylation is 2. The Bertz CT molecular complexity index is 4760. The molecule has 8 heteroatoms. The number of pyridine rings is 1. The molecule has 2 aromatic heterocycles. The van der Waals surface area contributed by atoms with E-state index in [9.17, 15) is 6.85 Å². The van der Waals surface area contributed by atoms with Gasteiger partial charge in [-0.25, -0.2) is 0 Å². The molecule has 0 radical (unpaired) electrons. The number of fused-ring (bicyclic) bond motifs is 9.